The first kappa shape index (κ1) is 14.2. The molecule has 3 aliphatic rings. The van der Waals surface area contributed by atoms with Crippen molar-refractivity contribution in [1.29, 1.82) is 0 Å². The number of fused-ring (bicyclic) bond motifs is 1. The minimum atomic E-state index is -2.62. The van der Waals surface area contributed by atoms with Gasteiger partial charge in [-0.25, -0.2) is 8.78 Å². The molecule has 0 saturated carbocycles. The maximum atomic E-state index is 13.4. The van der Waals surface area contributed by atoms with Crippen LogP contribution in [0, 0.1) is 11.3 Å². The number of hydrogen-bond acceptors (Lipinski definition) is 3. The lowest BCUT2D eigenvalue weighted by atomic mass is 9.74. The van der Waals surface area contributed by atoms with Crippen LogP contribution in [-0.2, 0) is 9.53 Å². The Balaban J connectivity index is 1.74. The molecule has 0 spiro atoms. The van der Waals surface area contributed by atoms with Gasteiger partial charge in [-0.2, -0.15) is 0 Å². The van der Waals surface area contributed by atoms with Crippen LogP contribution in [0.1, 0.15) is 25.7 Å². The lowest BCUT2D eigenvalue weighted by Crippen LogP contribution is -2.53. The number of nitrogens with zero attached hydrogens (tertiary/aromatic N) is 1. The molecule has 2 atom stereocenters. The lowest BCUT2D eigenvalue weighted by molar-refractivity contribution is -0.152. The molecular weight excluding hydrogens is 266 g/mol. The summed E-state index contributed by atoms with van der Waals surface area (Å²) in [5, 5.41) is 3.28. The molecule has 3 rings (SSSR count). The molecular formula is C14H22F2N2O2. The van der Waals surface area contributed by atoms with Gasteiger partial charge >= 0.3 is 0 Å². The summed E-state index contributed by atoms with van der Waals surface area (Å²) in [4.78, 5) is 14.5. The van der Waals surface area contributed by atoms with Crippen LogP contribution in [0.2, 0.25) is 0 Å². The van der Waals surface area contributed by atoms with Crippen LogP contribution < -0.4 is 5.32 Å². The van der Waals surface area contributed by atoms with Gasteiger partial charge in [-0.15, -0.1) is 0 Å². The van der Waals surface area contributed by atoms with Gasteiger partial charge in [0.25, 0.3) is 0 Å². The molecule has 20 heavy (non-hydrogen) atoms. The van der Waals surface area contributed by atoms with Crippen LogP contribution in [0.4, 0.5) is 8.78 Å². The smallest absolute Gasteiger partial charge is 0.249 e. The van der Waals surface area contributed by atoms with E-state index in [1.165, 1.54) is 0 Å². The largest absolute Gasteiger partial charge is 0.380 e. The summed E-state index contributed by atoms with van der Waals surface area (Å²) < 4.78 is 32.4. The number of amides is 1. The van der Waals surface area contributed by atoms with Crippen LogP contribution in [0.15, 0.2) is 0 Å². The minimum Gasteiger partial charge on any atom is -0.380 e. The molecule has 3 aliphatic heterocycles. The zero-order chi connectivity index (χ0) is 14.2. The molecule has 0 aliphatic carbocycles. The summed E-state index contributed by atoms with van der Waals surface area (Å²) in [5.74, 6) is -2.32. The van der Waals surface area contributed by atoms with Crippen molar-refractivity contribution >= 4 is 5.91 Å². The van der Waals surface area contributed by atoms with Gasteiger partial charge in [-0.1, -0.05) is 0 Å². The van der Waals surface area contributed by atoms with Gasteiger partial charge in [0, 0.05) is 39.1 Å². The highest BCUT2D eigenvalue weighted by molar-refractivity contribution is 5.84. The van der Waals surface area contributed by atoms with Crippen molar-refractivity contribution in [3.8, 4) is 0 Å². The fourth-order valence-electron chi connectivity index (χ4n) is 3.73. The number of alkyl halides is 2. The highest BCUT2D eigenvalue weighted by atomic mass is 19.3. The van der Waals surface area contributed by atoms with Crippen LogP contribution >= 0.6 is 0 Å². The Labute approximate surface area is 117 Å². The molecule has 6 heteroatoms. The molecule has 0 radical (unpaired) electrons. The highest BCUT2D eigenvalue weighted by Crippen LogP contribution is 2.40. The Morgan fingerprint density at radius 2 is 2.15 bits per heavy atom. The van der Waals surface area contributed by atoms with Crippen molar-refractivity contribution < 1.29 is 18.3 Å². The lowest BCUT2D eigenvalue weighted by Gasteiger charge is -2.40. The average Bonchev–Trinajstić information content (AvgIpc) is 2.78. The van der Waals surface area contributed by atoms with Gasteiger partial charge in [-0.05, 0) is 25.3 Å². The predicted molar refractivity (Wildman–Crippen MR) is 69.6 cm³/mol. The second-order valence-corrected chi connectivity index (χ2v) is 6.33. The first-order chi connectivity index (χ1) is 9.54. The monoisotopic (exact) mass is 288 g/mol. The van der Waals surface area contributed by atoms with E-state index in [0.717, 1.165) is 13.0 Å². The summed E-state index contributed by atoms with van der Waals surface area (Å²) >= 11 is 0. The van der Waals surface area contributed by atoms with Gasteiger partial charge < -0.3 is 15.0 Å². The SMILES string of the molecule is O=C(N1CCCC(F)(F)CC1)[C@]12CNC[C@H]1CCOC2. The van der Waals surface area contributed by atoms with E-state index in [1.807, 2.05) is 0 Å². The fourth-order valence-corrected chi connectivity index (χ4v) is 3.73. The van der Waals surface area contributed by atoms with E-state index in [2.05, 4.69) is 5.32 Å². The van der Waals surface area contributed by atoms with Gasteiger partial charge in [-0.3, -0.25) is 4.79 Å². The van der Waals surface area contributed by atoms with Crippen molar-refractivity contribution in [2.24, 2.45) is 11.3 Å². The number of ether oxygens (including phenoxy) is 1. The Morgan fingerprint density at radius 1 is 1.30 bits per heavy atom. The van der Waals surface area contributed by atoms with Gasteiger partial charge in [0.2, 0.25) is 11.8 Å². The highest BCUT2D eigenvalue weighted by Gasteiger charge is 2.52. The van der Waals surface area contributed by atoms with Crippen LogP contribution in [0.5, 0.6) is 0 Å². The first-order valence-electron chi connectivity index (χ1n) is 7.49. The molecule has 4 nitrogen and oxygen atoms in total. The summed E-state index contributed by atoms with van der Waals surface area (Å²) in [7, 11) is 0. The number of rotatable bonds is 1. The zero-order valence-electron chi connectivity index (χ0n) is 11.7. The van der Waals surface area contributed by atoms with Gasteiger partial charge in [0.05, 0.1) is 12.0 Å². The molecule has 114 valence electrons. The molecule has 1 amide bonds. The third-order valence-electron chi connectivity index (χ3n) is 5.01. The molecule has 3 fully saturated rings. The third-order valence-corrected chi connectivity index (χ3v) is 5.01. The van der Waals surface area contributed by atoms with E-state index in [9.17, 15) is 13.6 Å². The summed E-state index contributed by atoms with van der Waals surface area (Å²) in [5.41, 5.74) is -0.516. The number of carbonyl (C=O) groups excluding carboxylic acids is 1. The summed E-state index contributed by atoms with van der Waals surface area (Å²) in [6.07, 6.45) is 0.937. The Hall–Kier alpha value is -0.750. The number of carbonyl (C=O) groups is 1. The Bertz CT molecular complexity index is 391. The van der Waals surface area contributed by atoms with Crippen molar-refractivity contribution in [1.82, 2.24) is 10.2 Å². The number of likely N-dealkylation sites (tertiary alicyclic amines) is 1. The van der Waals surface area contributed by atoms with Crippen molar-refractivity contribution in [2.75, 3.05) is 39.4 Å². The van der Waals surface area contributed by atoms with E-state index < -0.39 is 11.3 Å². The Morgan fingerprint density at radius 3 is 3.00 bits per heavy atom. The fraction of sp³-hybridized carbons (Fsp3) is 0.929. The van der Waals surface area contributed by atoms with Crippen molar-refractivity contribution in [2.45, 2.75) is 31.6 Å². The topological polar surface area (TPSA) is 41.6 Å². The number of hydrogen-bond donors (Lipinski definition) is 1. The first-order valence-corrected chi connectivity index (χ1v) is 7.49. The maximum absolute atomic E-state index is 13.4. The molecule has 0 unspecified atom stereocenters. The normalized spacial score (nSPS) is 37.3. The molecule has 0 bridgehead atoms. The maximum Gasteiger partial charge on any atom is 0.249 e. The predicted octanol–water partition coefficient (Wildman–Crippen LogP) is 1.26. The van der Waals surface area contributed by atoms with Crippen LogP contribution in [0.25, 0.3) is 0 Å². The zero-order valence-corrected chi connectivity index (χ0v) is 11.7. The standard InChI is InChI=1S/C14H22F2N2O2/c15-14(16)3-1-5-18(6-4-14)12(19)13-9-17-8-11(13)2-7-20-10-13/h11,17H,1-10H2/t11-,13+/m1/s1. The molecule has 1 N–H and O–H groups in total. The van der Waals surface area contributed by atoms with Crippen molar-refractivity contribution in [3.63, 3.8) is 0 Å². The van der Waals surface area contributed by atoms with Crippen LogP contribution in [0.3, 0.4) is 0 Å². The molecule has 3 heterocycles. The van der Waals surface area contributed by atoms with E-state index in [4.69, 9.17) is 4.74 Å². The van der Waals surface area contributed by atoms with Gasteiger partial charge in [0.15, 0.2) is 0 Å². The molecule has 0 aromatic heterocycles. The van der Waals surface area contributed by atoms with E-state index in [0.29, 0.717) is 32.7 Å². The third kappa shape index (κ3) is 2.44. The average molecular weight is 288 g/mol. The second kappa shape index (κ2) is 5.22. The second-order valence-electron chi connectivity index (χ2n) is 6.33. The molecule has 0 aromatic rings. The van der Waals surface area contributed by atoms with E-state index >= 15 is 0 Å². The van der Waals surface area contributed by atoms with Crippen molar-refractivity contribution in [3.05, 3.63) is 0 Å². The van der Waals surface area contributed by atoms with Gasteiger partial charge in [0.1, 0.15) is 0 Å². The number of nitrogens with one attached hydrogen (secondary N) is 1. The van der Waals surface area contributed by atoms with Crippen LogP contribution in [-0.4, -0.2) is 56.1 Å². The number of halogens is 2. The quantitative estimate of drug-likeness (QED) is 0.790. The summed E-state index contributed by atoms with van der Waals surface area (Å²) in [6, 6.07) is 0. The van der Waals surface area contributed by atoms with E-state index in [-0.39, 0.29) is 31.2 Å². The molecule has 3 saturated heterocycles. The minimum absolute atomic E-state index is 0.0184. The molecule has 0 aromatic carbocycles. The Kier molecular flexibility index (Phi) is 3.71. The van der Waals surface area contributed by atoms with E-state index in [1.54, 1.807) is 4.90 Å². The summed E-state index contributed by atoms with van der Waals surface area (Å²) in [6.45, 7) is 3.18.